The molecule has 0 amide bonds. The molecule has 0 fully saturated rings. The van der Waals surface area contributed by atoms with E-state index >= 15 is 0 Å². The summed E-state index contributed by atoms with van der Waals surface area (Å²) >= 11 is 1.91. The summed E-state index contributed by atoms with van der Waals surface area (Å²) < 4.78 is 16.2. The first-order valence-electron chi connectivity index (χ1n) is 52.8. The van der Waals surface area contributed by atoms with Crippen LogP contribution in [0.4, 0.5) is 51.2 Å². The van der Waals surface area contributed by atoms with Crippen LogP contribution in [0, 0.1) is 0 Å². The summed E-state index contributed by atoms with van der Waals surface area (Å²) in [7, 11) is 0. The molecule has 5 nitrogen and oxygen atoms in total. The van der Waals surface area contributed by atoms with Gasteiger partial charge in [-0.1, -0.05) is 405 Å². The minimum absolute atomic E-state index is 0.0180. The predicted molar refractivity (Wildman–Crippen MR) is 633 cm³/mol. The lowest BCUT2D eigenvalue weighted by molar-refractivity contribution is 0.656. The monoisotopic (exact) mass is 1950 g/mol. The molecule has 0 aliphatic heterocycles. The third-order valence-corrected chi connectivity index (χ3v) is 35.5. The average molecular weight is 1950 g/mol. The number of para-hydroxylation sites is 1. The van der Waals surface area contributed by atoms with Crippen molar-refractivity contribution in [2.75, 3.05) is 14.7 Å². The lowest BCUT2D eigenvalue weighted by Gasteiger charge is -2.29. The molecular weight excluding hydrogens is 1840 g/mol. The van der Waals surface area contributed by atoms with Crippen molar-refractivity contribution < 1.29 is 8.83 Å². The van der Waals surface area contributed by atoms with Gasteiger partial charge in [-0.2, -0.15) is 0 Å². The van der Waals surface area contributed by atoms with Crippen molar-refractivity contribution >= 4 is 127 Å². The van der Waals surface area contributed by atoms with Crippen molar-refractivity contribution in [3.05, 3.63) is 522 Å². The van der Waals surface area contributed by atoms with E-state index in [0.29, 0.717) is 0 Å². The highest BCUT2D eigenvalue weighted by Crippen LogP contribution is 2.62. The van der Waals surface area contributed by atoms with Gasteiger partial charge in [-0.15, -0.1) is 11.3 Å². The maximum atomic E-state index is 6.76. The van der Waals surface area contributed by atoms with E-state index in [-0.39, 0.29) is 32.5 Å². The number of fused-ring (bicyclic) bond motifs is 30. The van der Waals surface area contributed by atoms with Crippen LogP contribution in [0.3, 0.4) is 0 Å². The van der Waals surface area contributed by atoms with Crippen molar-refractivity contribution in [1.82, 2.24) is 0 Å². The zero-order valence-electron chi connectivity index (χ0n) is 86.4. The van der Waals surface area contributed by atoms with E-state index < -0.39 is 0 Å². The molecule has 6 heteroatoms. The summed E-state index contributed by atoms with van der Waals surface area (Å²) in [4.78, 5) is 7.26. The summed E-state index contributed by atoms with van der Waals surface area (Å²) in [5.41, 5.74) is 53.0. The number of rotatable bonds is 12. The van der Waals surface area contributed by atoms with Crippen molar-refractivity contribution in [2.45, 2.75) is 116 Å². The number of benzene rings is 21. The minimum Gasteiger partial charge on any atom is -0.456 e. The van der Waals surface area contributed by atoms with Crippen LogP contribution in [-0.2, 0) is 32.5 Å². The first-order chi connectivity index (χ1) is 72.9. The van der Waals surface area contributed by atoms with Gasteiger partial charge in [0.15, 0.2) is 0 Å². The van der Waals surface area contributed by atoms with E-state index in [1.165, 1.54) is 209 Å². The van der Waals surface area contributed by atoms with Crippen LogP contribution >= 0.6 is 11.3 Å². The van der Waals surface area contributed by atoms with E-state index in [9.17, 15) is 0 Å². The Balaban J connectivity index is 0.000000108. The van der Waals surface area contributed by atoms with Gasteiger partial charge in [-0.05, 0) is 283 Å². The van der Waals surface area contributed by atoms with Gasteiger partial charge in [0.2, 0.25) is 0 Å². The van der Waals surface area contributed by atoms with Crippen molar-refractivity contribution in [3.8, 4) is 100 Å². The lowest BCUT2D eigenvalue weighted by Crippen LogP contribution is -2.16. The second kappa shape index (κ2) is 33.7. The molecule has 0 radical (unpaired) electrons. The molecule has 6 aliphatic carbocycles. The van der Waals surface area contributed by atoms with Crippen LogP contribution in [0.15, 0.2) is 464 Å². The zero-order valence-corrected chi connectivity index (χ0v) is 87.2. The first kappa shape index (κ1) is 90.4. The fourth-order valence-corrected chi connectivity index (χ4v) is 28.0. The fourth-order valence-electron chi connectivity index (χ4n) is 26.8. The van der Waals surface area contributed by atoms with Gasteiger partial charge in [0.1, 0.15) is 22.3 Å². The molecule has 720 valence electrons. The average Bonchev–Trinajstić information content (AvgIpc) is 1.56. The third kappa shape index (κ3) is 13.7. The Morgan fingerprint density at radius 1 is 0.167 bits per heavy atom. The van der Waals surface area contributed by atoms with Crippen molar-refractivity contribution in [2.24, 2.45) is 0 Å². The van der Waals surface area contributed by atoms with Gasteiger partial charge >= 0.3 is 0 Å². The molecule has 30 rings (SSSR count). The number of hydrogen-bond donors (Lipinski definition) is 0. The van der Waals surface area contributed by atoms with Crippen LogP contribution in [0.25, 0.3) is 164 Å². The summed E-state index contributed by atoms with van der Waals surface area (Å²) in [6, 6.07) is 167. The molecule has 0 saturated heterocycles. The molecule has 3 heterocycles. The smallest absolute Gasteiger partial charge is 0.137 e. The van der Waals surface area contributed by atoms with Gasteiger partial charge < -0.3 is 23.5 Å². The van der Waals surface area contributed by atoms with Crippen LogP contribution in [-0.4, -0.2) is 0 Å². The number of furan rings is 2. The number of nitrogens with zero attached hydrogens (tertiary/aromatic N) is 3. The van der Waals surface area contributed by atoms with Crippen LogP contribution in [0.2, 0.25) is 0 Å². The largest absolute Gasteiger partial charge is 0.456 e. The standard InChI is InChI=1S/2C48H37NO.C48H37NS/c1-47(2)39-20-12-9-18-36(39)45-40(47)26-27-43-46(45)37-25-23-32(29-44(37)50-43)49(42-21-13-10-16-33(42)30-14-6-5-7-15-30)31-22-24-35-34-17-8-11-19-38(34)48(3,4)41(35)28-31;2*1-47(2)40-20-11-9-18-37(40)45-41(47)25-26-43-46(45)38-24-22-34(29-44(38)50-43)49(32-16-12-15-31(27-32)30-13-6-5-7-14-30)33-21-23-36-35-17-8-10-19-39(35)48(3,4)42(36)28-33/h3*5-29H,1-4H3. The van der Waals surface area contributed by atoms with Gasteiger partial charge in [0, 0.05) is 137 Å². The highest BCUT2D eigenvalue weighted by molar-refractivity contribution is 7.26. The molecule has 0 spiro atoms. The molecule has 21 aromatic carbocycles. The third-order valence-electron chi connectivity index (χ3n) is 34.4. The molecular formula is C144H111N3O2S. The predicted octanol–water partition coefficient (Wildman–Crippen LogP) is 40.5. The Morgan fingerprint density at radius 2 is 0.453 bits per heavy atom. The summed E-state index contributed by atoms with van der Waals surface area (Å²) in [6.45, 7) is 28.2. The number of anilines is 9. The quantitative estimate of drug-likeness (QED) is 0.122. The van der Waals surface area contributed by atoms with Crippen LogP contribution in [0.1, 0.15) is 150 Å². The minimum atomic E-state index is -0.111. The highest BCUT2D eigenvalue weighted by Gasteiger charge is 2.44. The van der Waals surface area contributed by atoms with Crippen molar-refractivity contribution in [1.29, 1.82) is 0 Å². The van der Waals surface area contributed by atoms with E-state index in [1.54, 1.807) is 0 Å². The molecule has 150 heavy (non-hydrogen) atoms. The van der Waals surface area contributed by atoms with Gasteiger partial charge in [-0.3, -0.25) is 0 Å². The molecule has 3 aromatic heterocycles. The summed E-state index contributed by atoms with van der Waals surface area (Å²) in [5.74, 6) is 0. The maximum absolute atomic E-state index is 6.76. The number of thiophene rings is 1. The summed E-state index contributed by atoms with van der Waals surface area (Å²) in [5, 5.41) is 7.43. The van der Waals surface area contributed by atoms with E-state index in [1.807, 2.05) is 11.3 Å². The SMILES string of the molecule is CC1(C)c2ccccc2-c2ccc(N(c3ccc4c(c3)oc3ccc5c(c34)-c3ccccc3C5(C)C)c3ccccc3-c3ccccc3)cc21.CC1(C)c2ccccc2-c2ccc(N(c3cccc(-c4ccccc4)c3)c3ccc4c(c3)oc3ccc5c(c34)-c3ccccc3C5(C)C)cc21.CC1(C)c2ccccc2-c2ccc(N(c3cccc(-c4ccccc4)c3)c3ccc4c(c3)sc3ccc5c(c34)-c3ccccc3C5(C)C)cc21. The van der Waals surface area contributed by atoms with Gasteiger partial charge in [0.25, 0.3) is 0 Å². The normalized spacial score (nSPS) is 14.7. The molecule has 0 bridgehead atoms. The van der Waals surface area contributed by atoms with Crippen molar-refractivity contribution in [3.63, 3.8) is 0 Å². The van der Waals surface area contributed by atoms with Gasteiger partial charge in [0.05, 0.1) is 5.69 Å². The Bertz CT molecular complexity index is 9370. The van der Waals surface area contributed by atoms with E-state index in [0.717, 1.165) is 72.9 Å². The maximum Gasteiger partial charge on any atom is 0.137 e. The second-order valence-corrected chi connectivity index (χ2v) is 46.0. The topological polar surface area (TPSA) is 36.0 Å². The Kier molecular flexibility index (Phi) is 20.3. The van der Waals surface area contributed by atoms with E-state index in [2.05, 4.69) is 553 Å². The summed E-state index contributed by atoms with van der Waals surface area (Å²) in [6.07, 6.45) is 0. The molecule has 0 saturated carbocycles. The fraction of sp³-hybridized carbons (Fsp3) is 0.125. The Morgan fingerprint density at radius 3 is 0.867 bits per heavy atom. The Labute approximate surface area is 881 Å². The van der Waals surface area contributed by atoms with Gasteiger partial charge in [-0.25, -0.2) is 0 Å². The second-order valence-electron chi connectivity index (χ2n) is 44.9. The molecule has 6 aliphatic rings. The molecule has 24 aromatic rings. The molecule has 0 N–H and O–H groups in total. The molecule has 0 unspecified atom stereocenters. The zero-order chi connectivity index (χ0) is 101. The Hall–Kier alpha value is -17.2. The lowest BCUT2D eigenvalue weighted by atomic mass is 9.82. The van der Waals surface area contributed by atoms with Crippen LogP contribution in [0.5, 0.6) is 0 Å². The van der Waals surface area contributed by atoms with E-state index in [4.69, 9.17) is 8.83 Å². The van der Waals surface area contributed by atoms with Crippen LogP contribution < -0.4 is 14.7 Å². The first-order valence-corrected chi connectivity index (χ1v) is 53.6. The number of hydrogen-bond acceptors (Lipinski definition) is 6. The highest BCUT2D eigenvalue weighted by atomic mass is 32.1. The molecule has 0 atom stereocenters.